The van der Waals surface area contributed by atoms with E-state index < -0.39 is 0 Å². The van der Waals surface area contributed by atoms with Gasteiger partial charge in [-0.15, -0.1) is 0 Å². The SMILES string of the molecule is Brc1ccc(-c2c3ccccc3cc3oc4cccc(N(c5ccccc5)c5ccccc5)c4c23)cc1. The topological polar surface area (TPSA) is 16.4 Å². The van der Waals surface area contributed by atoms with E-state index in [0.717, 1.165) is 54.4 Å². The Bertz CT molecular complexity index is 1830. The fraction of sp³-hybridized carbons (Fsp3) is 0. The molecule has 7 rings (SSSR count). The summed E-state index contributed by atoms with van der Waals surface area (Å²) in [6.45, 7) is 0. The third-order valence-electron chi connectivity index (χ3n) is 6.89. The van der Waals surface area contributed by atoms with E-state index in [9.17, 15) is 0 Å². The van der Waals surface area contributed by atoms with Crippen LogP contribution in [0.5, 0.6) is 0 Å². The van der Waals surface area contributed by atoms with Crippen molar-refractivity contribution in [2.45, 2.75) is 0 Å². The van der Waals surface area contributed by atoms with Gasteiger partial charge in [-0.25, -0.2) is 0 Å². The summed E-state index contributed by atoms with van der Waals surface area (Å²) in [6, 6.07) is 46.7. The molecule has 1 heterocycles. The van der Waals surface area contributed by atoms with E-state index >= 15 is 0 Å². The number of nitrogens with zero attached hydrogens (tertiary/aromatic N) is 1. The van der Waals surface area contributed by atoms with Crippen LogP contribution in [0.1, 0.15) is 0 Å². The predicted molar refractivity (Wildman–Crippen MR) is 159 cm³/mol. The van der Waals surface area contributed by atoms with Crippen LogP contribution in [0.2, 0.25) is 0 Å². The van der Waals surface area contributed by atoms with Crippen LogP contribution in [0.15, 0.2) is 142 Å². The van der Waals surface area contributed by atoms with Gasteiger partial charge in [0.15, 0.2) is 0 Å². The van der Waals surface area contributed by atoms with Gasteiger partial charge in [0.1, 0.15) is 11.2 Å². The van der Waals surface area contributed by atoms with Crippen molar-refractivity contribution < 1.29 is 4.42 Å². The van der Waals surface area contributed by atoms with Crippen molar-refractivity contribution >= 4 is 65.7 Å². The third kappa shape index (κ3) is 3.71. The molecule has 1 aromatic heterocycles. The zero-order chi connectivity index (χ0) is 24.8. The number of hydrogen-bond donors (Lipinski definition) is 0. The summed E-state index contributed by atoms with van der Waals surface area (Å²) in [5, 5.41) is 4.61. The molecule has 7 aromatic rings. The number of para-hydroxylation sites is 2. The van der Waals surface area contributed by atoms with Gasteiger partial charge < -0.3 is 9.32 Å². The highest BCUT2D eigenvalue weighted by Gasteiger charge is 2.22. The van der Waals surface area contributed by atoms with Crippen LogP contribution in [0.25, 0.3) is 43.8 Å². The first kappa shape index (κ1) is 21.9. The number of furan rings is 1. The fourth-order valence-corrected chi connectivity index (χ4v) is 5.57. The minimum atomic E-state index is 0.873. The van der Waals surface area contributed by atoms with Gasteiger partial charge in [-0.1, -0.05) is 94.8 Å². The lowest BCUT2D eigenvalue weighted by Crippen LogP contribution is -2.10. The molecule has 0 saturated carbocycles. The summed E-state index contributed by atoms with van der Waals surface area (Å²) < 4.78 is 7.63. The van der Waals surface area contributed by atoms with Crippen LogP contribution in [-0.2, 0) is 0 Å². The van der Waals surface area contributed by atoms with Crippen molar-refractivity contribution in [1.82, 2.24) is 0 Å². The quantitative estimate of drug-likeness (QED) is 0.221. The third-order valence-corrected chi connectivity index (χ3v) is 7.42. The van der Waals surface area contributed by atoms with Gasteiger partial charge in [-0.2, -0.15) is 0 Å². The van der Waals surface area contributed by atoms with E-state index in [-0.39, 0.29) is 0 Å². The Labute approximate surface area is 223 Å². The van der Waals surface area contributed by atoms with Crippen LogP contribution in [-0.4, -0.2) is 0 Å². The fourth-order valence-electron chi connectivity index (χ4n) is 5.31. The molecule has 2 nitrogen and oxygen atoms in total. The zero-order valence-electron chi connectivity index (χ0n) is 19.9. The number of benzene rings is 6. The standard InChI is InChI=1S/C34H22BrNO/c35-25-20-18-23(19-21-25)32-28-15-8-7-10-24(28)22-31-34(32)33-29(16-9-17-30(33)37-31)36(26-11-3-1-4-12-26)27-13-5-2-6-14-27/h1-22H. The lowest BCUT2D eigenvalue weighted by Gasteiger charge is -2.26. The monoisotopic (exact) mass is 539 g/mol. The molecule has 0 aliphatic heterocycles. The van der Waals surface area contributed by atoms with Crippen LogP contribution in [0.4, 0.5) is 17.1 Å². The minimum absolute atomic E-state index is 0.873. The average Bonchev–Trinajstić information content (AvgIpc) is 3.32. The first-order chi connectivity index (χ1) is 18.3. The Morgan fingerprint density at radius 3 is 1.89 bits per heavy atom. The highest BCUT2D eigenvalue weighted by Crippen LogP contribution is 2.47. The number of halogens is 1. The highest BCUT2D eigenvalue weighted by molar-refractivity contribution is 9.10. The summed E-state index contributed by atoms with van der Waals surface area (Å²) in [5.41, 5.74) is 7.39. The van der Waals surface area contributed by atoms with E-state index in [2.05, 4.69) is 154 Å². The number of fused-ring (bicyclic) bond motifs is 4. The van der Waals surface area contributed by atoms with Gasteiger partial charge in [0.05, 0.1) is 11.1 Å². The number of hydrogen-bond acceptors (Lipinski definition) is 2. The van der Waals surface area contributed by atoms with E-state index in [1.165, 1.54) is 10.9 Å². The zero-order valence-corrected chi connectivity index (χ0v) is 21.5. The maximum absolute atomic E-state index is 6.57. The Morgan fingerprint density at radius 2 is 1.19 bits per heavy atom. The first-order valence-electron chi connectivity index (χ1n) is 12.3. The Hall–Kier alpha value is -4.34. The van der Waals surface area contributed by atoms with Crippen molar-refractivity contribution in [3.8, 4) is 11.1 Å². The average molecular weight is 540 g/mol. The van der Waals surface area contributed by atoms with Gasteiger partial charge in [-0.3, -0.25) is 0 Å². The van der Waals surface area contributed by atoms with Gasteiger partial charge in [0, 0.05) is 26.8 Å². The first-order valence-corrected chi connectivity index (χ1v) is 13.1. The molecule has 0 spiro atoms. The number of anilines is 3. The summed E-state index contributed by atoms with van der Waals surface area (Å²) in [6.07, 6.45) is 0. The highest BCUT2D eigenvalue weighted by atomic mass is 79.9. The van der Waals surface area contributed by atoms with E-state index in [4.69, 9.17) is 4.42 Å². The predicted octanol–water partition coefficient (Wildman–Crippen LogP) is 10.6. The maximum atomic E-state index is 6.57. The lowest BCUT2D eigenvalue weighted by atomic mass is 9.93. The molecule has 0 bridgehead atoms. The molecule has 0 atom stereocenters. The molecule has 0 aliphatic rings. The van der Waals surface area contributed by atoms with Crippen molar-refractivity contribution in [2.24, 2.45) is 0 Å². The second kappa shape index (κ2) is 8.95. The molecule has 0 unspecified atom stereocenters. The van der Waals surface area contributed by atoms with Crippen molar-refractivity contribution in [3.63, 3.8) is 0 Å². The van der Waals surface area contributed by atoms with Gasteiger partial charge >= 0.3 is 0 Å². The van der Waals surface area contributed by atoms with Crippen LogP contribution >= 0.6 is 15.9 Å². The second-order valence-electron chi connectivity index (χ2n) is 9.11. The maximum Gasteiger partial charge on any atom is 0.137 e. The Kier molecular flexibility index (Phi) is 5.30. The van der Waals surface area contributed by atoms with Gasteiger partial charge in [0.2, 0.25) is 0 Å². The second-order valence-corrected chi connectivity index (χ2v) is 10.0. The Balaban J connectivity index is 1.64. The molecule has 0 saturated heterocycles. The lowest BCUT2D eigenvalue weighted by molar-refractivity contribution is 0.669. The summed E-state index contributed by atoms with van der Waals surface area (Å²) in [4.78, 5) is 2.32. The van der Waals surface area contributed by atoms with Gasteiger partial charge in [0.25, 0.3) is 0 Å². The molecule has 6 aromatic carbocycles. The van der Waals surface area contributed by atoms with Crippen molar-refractivity contribution in [1.29, 1.82) is 0 Å². The Morgan fingerprint density at radius 1 is 0.541 bits per heavy atom. The molecular formula is C34H22BrNO. The van der Waals surface area contributed by atoms with Crippen molar-refractivity contribution in [3.05, 3.63) is 138 Å². The molecule has 0 amide bonds. The summed E-state index contributed by atoms with van der Waals surface area (Å²) >= 11 is 3.61. The minimum Gasteiger partial charge on any atom is -0.456 e. The molecular weight excluding hydrogens is 518 g/mol. The van der Waals surface area contributed by atoms with Crippen LogP contribution < -0.4 is 4.90 Å². The molecule has 0 N–H and O–H groups in total. The van der Waals surface area contributed by atoms with E-state index in [1.807, 2.05) is 0 Å². The van der Waals surface area contributed by atoms with E-state index in [0.29, 0.717) is 0 Å². The number of rotatable bonds is 4. The molecule has 0 radical (unpaired) electrons. The molecule has 3 heteroatoms. The molecule has 37 heavy (non-hydrogen) atoms. The summed E-state index contributed by atoms with van der Waals surface area (Å²) in [5.74, 6) is 0. The van der Waals surface area contributed by atoms with Crippen molar-refractivity contribution in [2.75, 3.05) is 4.90 Å². The van der Waals surface area contributed by atoms with Crippen LogP contribution in [0.3, 0.4) is 0 Å². The molecule has 0 fully saturated rings. The largest absolute Gasteiger partial charge is 0.456 e. The molecule has 0 aliphatic carbocycles. The smallest absolute Gasteiger partial charge is 0.137 e. The van der Waals surface area contributed by atoms with E-state index in [1.54, 1.807) is 0 Å². The van der Waals surface area contributed by atoms with Gasteiger partial charge in [-0.05, 0) is 70.9 Å². The summed E-state index contributed by atoms with van der Waals surface area (Å²) in [7, 11) is 0. The van der Waals surface area contributed by atoms with Crippen LogP contribution in [0, 0.1) is 0 Å². The molecule has 176 valence electrons. The normalized spacial score (nSPS) is 11.4.